The Morgan fingerprint density at radius 1 is 1.29 bits per heavy atom. The van der Waals surface area contributed by atoms with E-state index in [9.17, 15) is 21.6 Å². The molecule has 0 aromatic heterocycles. The van der Waals surface area contributed by atoms with Crippen molar-refractivity contribution in [3.8, 4) is 0 Å². The van der Waals surface area contributed by atoms with Gasteiger partial charge in [0, 0.05) is 12.1 Å². The molecule has 118 valence electrons. The average Bonchev–Trinajstić information content (AvgIpc) is 2.73. The van der Waals surface area contributed by atoms with Crippen molar-refractivity contribution in [3.05, 3.63) is 29.3 Å². The van der Waals surface area contributed by atoms with Crippen LogP contribution >= 0.6 is 0 Å². The first-order valence-electron chi connectivity index (χ1n) is 6.57. The van der Waals surface area contributed by atoms with Crippen LogP contribution in [-0.4, -0.2) is 20.5 Å². The zero-order valence-electron chi connectivity index (χ0n) is 11.4. The van der Waals surface area contributed by atoms with Crippen molar-refractivity contribution in [2.24, 2.45) is 5.73 Å². The molecular weight excluding hydrogens is 305 g/mol. The molecule has 1 aromatic rings. The maximum atomic E-state index is 12.8. The highest BCUT2D eigenvalue weighted by molar-refractivity contribution is 7.89. The molecule has 2 rings (SSSR count). The zero-order chi connectivity index (χ0) is 15.8. The van der Waals surface area contributed by atoms with E-state index >= 15 is 0 Å². The van der Waals surface area contributed by atoms with Crippen LogP contribution in [0.3, 0.4) is 0 Å². The van der Waals surface area contributed by atoms with Gasteiger partial charge in [0.15, 0.2) is 0 Å². The third-order valence-electron chi connectivity index (χ3n) is 3.75. The smallest absolute Gasteiger partial charge is 0.326 e. The van der Waals surface area contributed by atoms with E-state index in [1.54, 1.807) is 0 Å². The van der Waals surface area contributed by atoms with Gasteiger partial charge in [0.1, 0.15) is 0 Å². The summed E-state index contributed by atoms with van der Waals surface area (Å²) in [4.78, 5) is -0.351. The first kappa shape index (κ1) is 16.3. The van der Waals surface area contributed by atoms with E-state index < -0.39 is 27.8 Å². The number of benzene rings is 1. The predicted octanol–water partition coefficient (Wildman–Crippen LogP) is 2.17. The molecule has 2 unspecified atom stereocenters. The maximum absolute atomic E-state index is 12.8. The molecule has 1 fully saturated rings. The summed E-state index contributed by atoms with van der Waals surface area (Å²) < 4.78 is 65.6. The maximum Gasteiger partial charge on any atom is 0.416 e. The molecule has 1 aromatic carbocycles. The van der Waals surface area contributed by atoms with Gasteiger partial charge in [-0.05, 0) is 37.5 Å². The highest BCUT2D eigenvalue weighted by atomic mass is 32.2. The summed E-state index contributed by atoms with van der Waals surface area (Å²) >= 11 is 0. The van der Waals surface area contributed by atoms with E-state index in [0.29, 0.717) is 12.8 Å². The van der Waals surface area contributed by atoms with Crippen molar-refractivity contribution in [1.82, 2.24) is 4.72 Å². The Morgan fingerprint density at radius 3 is 2.48 bits per heavy atom. The van der Waals surface area contributed by atoms with Gasteiger partial charge in [0.05, 0.1) is 10.5 Å². The van der Waals surface area contributed by atoms with Crippen molar-refractivity contribution in [1.29, 1.82) is 0 Å². The van der Waals surface area contributed by atoms with Gasteiger partial charge in [0.2, 0.25) is 10.0 Å². The lowest BCUT2D eigenvalue weighted by Crippen LogP contribution is -2.44. The molecule has 0 saturated heterocycles. The Morgan fingerprint density at radius 2 is 1.95 bits per heavy atom. The fourth-order valence-corrected chi connectivity index (χ4v) is 4.20. The summed E-state index contributed by atoms with van der Waals surface area (Å²) in [6.07, 6.45) is -2.48. The van der Waals surface area contributed by atoms with Gasteiger partial charge in [-0.25, -0.2) is 13.1 Å². The third-order valence-corrected chi connectivity index (χ3v) is 5.39. The van der Waals surface area contributed by atoms with Crippen LogP contribution in [0.4, 0.5) is 13.2 Å². The lowest BCUT2D eigenvalue weighted by molar-refractivity contribution is -0.138. The quantitative estimate of drug-likeness (QED) is 0.896. The van der Waals surface area contributed by atoms with Crippen LogP contribution in [0.2, 0.25) is 0 Å². The Bertz CT molecular complexity index is 629. The minimum absolute atomic E-state index is 0.300. The van der Waals surface area contributed by atoms with Gasteiger partial charge in [-0.3, -0.25) is 0 Å². The number of rotatable bonds is 3. The summed E-state index contributed by atoms with van der Waals surface area (Å²) in [5.41, 5.74) is 4.55. The SMILES string of the molecule is Cc1c(C(F)(F)F)cccc1S(=O)(=O)NC1CCCC1N. The minimum atomic E-state index is -4.58. The van der Waals surface area contributed by atoms with E-state index in [-0.39, 0.29) is 16.5 Å². The standard InChI is InChI=1S/C13H17F3N2O2S/c1-8-9(13(14,15)16)4-2-7-12(8)21(19,20)18-11-6-3-5-10(11)17/h2,4,7,10-11,18H,3,5-6,17H2,1H3. The first-order chi connectivity index (χ1) is 9.63. The molecule has 0 amide bonds. The molecule has 0 radical (unpaired) electrons. The first-order valence-corrected chi connectivity index (χ1v) is 8.06. The van der Waals surface area contributed by atoms with Crippen molar-refractivity contribution in [2.75, 3.05) is 0 Å². The van der Waals surface area contributed by atoms with Gasteiger partial charge >= 0.3 is 6.18 Å². The molecule has 4 nitrogen and oxygen atoms in total. The fraction of sp³-hybridized carbons (Fsp3) is 0.538. The minimum Gasteiger partial charge on any atom is -0.326 e. The lowest BCUT2D eigenvalue weighted by Gasteiger charge is -2.19. The van der Waals surface area contributed by atoms with Crippen LogP contribution in [-0.2, 0) is 16.2 Å². The summed E-state index contributed by atoms with van der Waals surface area (Å²) in [5.74, 6) is 0. The van der Waals surface area contributed by atoms with Crippen LogP contribution in [0.1, 0.15) is 30.4 Å². The Hall–Kier alpha value is -1.12. The third kappa shape index (κ3) is 3.38. The highest BCUT2D eigenvalue weighted by Crippen LogP contribution is 2.34. The number of nitrogens with two attached hydrogens (primary N) is 1. The van der Waals surface area contributed by atoms with Crippen LogP contribution in [0.25, 0.3) is 0 Å². The largest absolute Gasteiger partial charge is 0.416 e. The molecule has 3 N–H and O–H groups in total. The van der Waals surface area contributed by atoms with Gasteiger partial charge in [0.25, 0.3) is 0 Å². The van der Waals surface area contributed by atoms with E-state index in [1.165, 1.54) is 6.07 Å². The predicted molar refractivity (Wildman–Crippen MR) is 72.1 cm³/mol. The second-order valence-corrected chi connectivity index (χ2v) is 6.93. The fourth-order valence-electron chi connectivity index (χ4n) is 2.61. The van der Waals surface area contributed by atoms with E-state index in [4.69, 9.17) is 5.73 Å². The normalized spacial score (nSPS) is 23.5. The molecule has 8 heteroatoms. The molecular formula is C13H17F3N2O2S. The summed E-state index contributed by atoms with van der Waals surface area (Å²) in [6, 6.07) is 2.41. The molecule has 2 atom stereocenters. The van der Waals surface area contributed by atoms with Gasteiger partial charge < -0.3 is 5.73 Å². The van der Waals surface area contributed by atoms with Crippen LogP contribution < -0.4 is 10.5 Å². The molecule has 1 aliphatic carbocycles. The Balaban J connectivity index is 2.37. The lowest BCUT2D eigenvalue weighted by atomic mass is 10.1. The van der Waals surface area contributed by atoms with Crippen LogP contribution in [0, 0.1) is 6.92 Å². The Labute approximate surface area is 121 Å². The molecule has 0 bridgehead atoms. The zero-order valence-corrected chi connectivity index (χ0v) is 12.3. The highest BCUT2D eigenvalue weighted by Gasteiger charge is 2.35. The number of sulfonamides is 1. The molecule has 0 heterocycles. The van der Waals surface area contributed by atoms with Crippen molar-refractivity contribution in [2.45, 2.75) is 49.3 Å². The van der Waals surface area contributed by atoms with Gasteiger partial charge in [-0.15, -0.1) is 0 Å². The van der Waals surface area contributed by atoms with Gasteiger partial charge in [-0.2, -0.15) is 13.2 Å². The van der Waals surface area contributed by atoms with Crippen molar-refractivity contribution in [3.63, 3.8) is 0 Å². The van der Waals surface area contributed by atoms with E-state index in [0.717, 1.165) is 25.5 Å². The molecule has 21 heavy (non-hydrogen) atoms. The number of alkyl halides is 3. The average molecular weight is 322 g/mol. The molecule has 0 aliphatic heterocycles. The summed E-state index contributed by atoms with van der Waals surface area (Å²) in [6.45, 7) is 1.16. The molecule has 1 saturated carbocycles. The van der Waals surface area contributed by atoms with E-state index in [2.05, 4.69) is 4.72 Å². The van der Waals surface area contributed by atoms with Crippen LogP contribution in [0.15, 0.2) is 23.1 Å². The van der Waals surface area contributed by atoms with Crippen molar-refractivity contribution < 1.29 is 21.6 Å². The van der Waals surface area contributed by atoms with Gasteiger partial charge in [-0.1, -0.05) is 12.5 Å². The molecule has 1 aliphatic rings. The summed E-state index contributed by atoms with van der Waals surface area (Å²) in [5, 5.41) is 0. The number of halogens is 3. The monoisotopic (exact) mass is 322 g/mol. The Kier molecular flexibility index (Phi) is 4.32. The molecule has 0 spiro atoms. The number of nitrogens with one attached hydrogen (secondary N) is 1. The second kappa shape index (κ2) is 5.58. The number of hydrogen-bond donors (Lipinski definition) is 2. The summed E-state index contributed by atoms with van der Waals surface area (Å²) in [7, 11) is -4.02. The van der Waals surface area contributed by atoms with Crippen LogP contribution in [0.5, 0.6) is 0 Å². The number of hydrogen-bond acceptors (Lipinski definition) is 3. The topological polar surface area (TPSA) is 72.2 Å². The van der Waals surface area contributed by atoms with Crippen molar-refractivity contribution >= 4 is 10.0 Å². The van der Waals surface area contributed by atoms with E-state index in [1.807, 2.05) is 0 Å². The second-order valence-electron chi connectivity index (χ2n) is 5.25.